The van der Waals surface area contributed by atoms with Crippen molar-refractivity contribution in [2.75, 3.05) is 7.11 Å². The summed E-state index contributed by atoms with van der Waals surface area (Å²) in [5.74, 6) is -1.45. The fourth-order valence-electron chi connectivity index (χ4n) is 0.954. The van der Waals surface area contributed by atoms with Gasteiger partial charge in [0.25, 0.3) is 0 Å². The highest BCUT2D eigenvalue weighted by molar-refractivity contribution is 5.85. The summed E-state index contributed by atoms with van der Waals surface area (Å²) in [6.07, 6.45) is 2.26. The van der Waals surface area contributed by atoms with Gasteiger partial charge < -0.3 is 9.84 Å². The van der Waals surface area contributed by atoms with Crippen LogP contribution < -0.4 is 4.74 Å². The molecule has 0 bridgehead atoms. The molecule has 0 aliphatic heterocycles. The minimum Gasteiger partial charge on any atom is -0.494 e. The summed E-state index contributed by atoms with van der Waals surface area (Å²) in [6.45, 7) is 0. The second kappa shape index (κ2) is 4.41. The monoisotopic (exact) mass is 196 g/mol. The van der Waals surface area contributed by atoms with Gasteiger partial charge in [0.05, 0.1) is 7.11 Å². The van der Waals surface area contributed by atoms with Crippen LogP contribution in [0.1, 0.15) is 5.56 Å². The predicted molar refractivity (Wildman–Crippen MR) is 49.6 cm³/mol. The smallest absolute Gasteiger partial charge is 0.328 e. The highest BCUT2D eigenvalue weighted by Gasteiger charge is 2.01. The van der Waals surface area contributed by atoms with Gasteiger partial charge in [-0.25, -0.2) is 9.18 Å². The van der Waals surface area contributed by atoms with Crippen LogP contribution in [0.25, 0.3) is 6.08 Å². The molecule has 0 aromatic heterocycles. The maximum atomic E-state index is 13.1. The molecule has 1 aromatic carbocycles. The second-order valence-corrected chi connectivity index (χ2v) is 2.57. The summed E-state index contributed by atoms with van der Waals surface area (Å²) >= 11 is 0. The van der Waals surface area contributed by atoms with Gasteiger partial charge in [-0.1, -0.05) is 6.07 Å². The van der Waals surface area contributed by atoms with E-state index < -0.39 is 11.8 Å². The Morgan fingerprint density at radius 1 is 1.57 bits per heavy atom. The first kappa shape index (κ1) is 10.2. The average molecular weight is 196 g/mol. The van der Waals surface area contributed by atoms with E-state index in [1.54, 1.807) is 6.07 Å². The summed E-state index contributed by atoms with van der Waals surface area (Å²) in [4.78, 5) is 10.2. The zero-order valence-corrected chi connectivity index (χ0v) is 7.53. The fourth-order valence-corrected chi connectivity index (χ4v) is 0.954. The van der Waals surface area contributed by atoms with E-state index in [-0.39, 0.29) is 5.75 Å². The molecule has 0 aliphatic carbocycles. The number of hydrogen-bond acceptors (Lipinski definition) is 2. The molecule has 0 heterocycles. The van der Waals surface area contributed by atoms with E-state index in [0.29, 0.717) is 5.56 Å². The molecule has 3 nitrogen and oxygen atoms in total. The number of carboxylic acids is 1. The first-order valence-corrected chi connectivity index (χ1v) is 3.88. The van der Waals surface area contributed by atoms with Crippen LogP contribution >= 0.6 is 0 Å². The lowest BCUT2D eigenvalue weighted by Crippen LogP contribution is -1.89. The van der Waals surface area contributed by atoms with Crippen molar-refractivity contribution in [1.29, 1.82) is 0 Å². The Balaban J connectivity index is 2.91. The van der Waals surface area contributed by atoms with Gasteiger partial charge in [-0.3, -0.25) is 0 Å². The number of halogens is 1. The summed E-state index contributed by atoms with van der Waals surface area (Å²) < 4.78 is 17.8. The van der Waals surface area contributed by atoms with Crippen molar-refractivity contribution in [2.45, 2.75) is 0 Å². The Kier molecular flexibility index (Phi) is 3.23. The van der Waals surface area contributed by atoms with Crippen LogP contribution in [0.3, 0.4) is 0 Å². The number of benzene rings is 1. The molecule has 1 N–H and O–H groups in total. The van der Waals surface area contributed by atoms with Crippen molar-refractivity contribution in [3.8, 4) is 5.75 Å². The molecule has 0 saturated carbocycles. The first-order valence-electron chi connectivity index (χ1n) is 3.88. The van der Waals surface area contributed by atoms with Crippen LogP contribution in [0.5, 0.6) is 5.75 Å². The molecule has 1 rings (SSSR count). The first-order chi connectivity index (χ1) is 6.63. The normalized spacial score (nSPS) is 10.4. The second-order valence-electron chi connectivity index (χ2n) is 2.57. The number of hydrogen-bond donors (Lipinski definition) is 1. The largest absolute Gasteiger partial charge is 0.494 e. The van der Waals surface area contributed by atoms with E-state index in [9.17, 15) is 9.18 Å². The van der Waals surface area contributed by atoms with Gasteiger partial charge in [0.15, 0.2) is 11.6 Å². The maximum absolute atomic E-state index is 13.1. The molecule has 1 aromatic rings. The summed E-state index contributed by atoms with van der Waals surface area (Å²) in [5.41, 5.74) is 0.478. The van der Waals surface area contributed by atoms with Gasteiger partial charge in [-0.05, 0) is 23.8 Å². The minimum absolute atomic E-state index is 0.137. The molecule has 0 amide bonds. The Hall–Kier alpha value is -1.84. The molecular weight excluding hydrogens is 187 g/mol. The van der Waals surface area contributed by atoms with Crippen molar-refractivity contribution in [2.24, 2.45) is 0 Å². The van der Waals surface area contributed by atoms with E-state index in [0.717, 1.165) is 6.08 Å². The SMILES string of the molecule is COc1ccc(C=CC(=O)O)cc1F. The average Bonchev–Trinajstić information content (AvgIpc) is 2.15. The molecule has 0 spiro atoms. The van der Waals surface area contributed by atoms with Gasteiger partial charge in [-0.2, -0.15) is 0 Å². The van der Waals surface area contributed by atoms with Gasteiger partial charge >= 0.3 is 5.97 Å². The maximum Gasteiger partial charge on any atom is 0.328 e. The topological polar surface area (TPSA) is 46.5 Å². The van der Waals surface area contributed by atoms with Crippen LogP contribution in [-0.4, -0.2) is 18.2 Å². The number of aliphatic carboxylic acids is 1. The van der Waals surface area contributed by atoms with E-state index in [4.69, 9.17) is 9.84 Å². The molecule has 74 valence electrons. The molecule has 0 radical (unpaired) electrons. The lowest BCUT2D eigenvalue weighted by atomic mass is 10.2. The van der Waals surface area contributed by atoms with Crippen molar-refractivity contribution in [1.82, 2.24) is 0 Å². The molecule has 0 unspecified atom stereocenters. The standard InChI is InChI=1S/C10H9FO3/c1-14-9-4-2-7(6-8(9)11)3-5-10(12)13/h2-6H,1H3,(H,12,13). The molecule has 4 heteroatoms. The molecule has 14 heavy (non-hydrogen) atoms. The molecule has 0 saturated heterocycles. The van der Waals surface area contributed by atoms with Crippen molar-refractivity contribution in [3.05, 3.63) is 35.7 Å². The lowest BCUT2D eigenvalue weighted by molar-refractivity contribution is -0.131. The molecular formula is C10H9FO3. The minimum atomic E-state index is -1.07. The lowest BCUT2D eigenvalue weighted by Gasteiger charge is -2.01. The summed E-state index contributed by atoms with van der Waals surface area (Å²) in [7, 11) is 1.37. The highest BCUT2D eigenvalue weighted by atomic mass is 19.1. The third-order valence-electron chi connectivity index (χ3n) is 1.59. The Morgan fingerprint density at radius 3 is 2.79 bits per heavy atom. The number of ether oxygens (including phenoxy) is 1. The fraction of sp³-hybridized carbons (Fsp3) is 0.100. The van der Waals surface area contributed by atoms with E-state index in [2.05, 4.69) is 0 Å². The van der Waals surface area contributed by atoms with Crippen LogP contribution in [0, 0.1) is 5.82 Å². The zero-order chi connectivity index (χ0) is 10.6. The quantitative estimate of drug-likeness (QED) is 0.751. The number of methoxy groups -OCH3 is 1. The van der Waals surface area contributed by atoms with Gasteiger partial charge in [-0.15, -0.1) is 0 Å². The van der Waals surface area contributed by atoms with Crippen LogP contribution in [0.2, 0.25) is 0 Å². The number of carboxylic acid groups (broad SMARTS) is 1. The Bertz CT molecular complexity index is 372. The third kappa shape index (κ3) is 2.58. The van der Waals surface area contributed by atoms with Crippen LogP contribution in [-0.2, 0) is 4.79 Å². The van der Waals surface area contributed by atoms with Crippen LogP contribution in [0.4, 0.5) is 4.39 Å². The van der Waals surface area contributed by atoms with Gasteiger partial charge in [0.2, 0.25) is 0 Å². The van der Waals surface area contributed by atoms with Crippen molar-refractivity contribution < 1.29 is 19.0 Å². The van der Waals surface area contributed by atoms with Gasteiger partial charge in [0.1, 0.15) is 0 Å². The molecule has 0 fully saturated rings. The summed E-state index contributed by atoms with van der Waals surface area (Å²) in [5, 5.41) is 8.34. The Morgan fingerprint density at radius 2 is 2.29 bits per heavy atom. The zero-order valence-electron chi connectivity index (χ0n) is 7.53. The summed E-state index contributed by atoms with van der Waals surface area (Å²) in [6, 6.07) is 4.22. The number of rotatable bonds is 3. The predicted octanol–water partition coefficient (Wildman–Crippen LogP) is 1.93. The van der Waals surface area contributed by atoms with Crippen molar-refractivity contribution in [3.63, 3.8) is 0 Å². The third-order valence-corrected chi connectivity index (χ3v) is 1.59. The van der Waals surface area contributed by atoms with E-state index >= 15 is 0 Å². The van der Waals surface area contributed by atoms with Crippen molar-refractivity contribution >= 4 is 12.0 Å². The van der Waals surface area contributed by atoms with Gasteiger partial charge in [0, 0.05) is 6.08 Å². The molecule has 0 aliphatic rings. The van der Waals surface area contributed by atoms with Crippen LogP contribution in [0.15, 0.2) is 24.3 Å². The van der Waals surface area contributed by atoms with E-state index in [1.807, 2.05) is 0 Å². The highest BCUT2D eigenvalue weighted by Crippen LogP contribution is 2.18. The molecule has 0 atom stereocenters. The van der Waals surface area contributed by atoms with E-state index in [1.165, 1.54) is 25.3 Å². The Labute approximate surface area is 80.4 Å². The number of carbonyl (C=O) groups is 1.